The number of nitrogens with two attached hydrogens (primary N) is 1. The van der Waals surface area contributed by atoms with Crippen LogP contribution in [0.5, 0.6) is 0 Å². The minimum Gasteiger partial charge on any atom is -0.368 e. The molecule has 166 valence electrons. The second kappa shape index (κ2) is 8.29. The van der Waals surface area contributed by atoms with Gasteiger partial charge in [-0.3, -0.25) is 14.2 Å². The summed E-state index contributed by atoms with van der Waals surface area (Å²) in [5, 5.41) is 4.52. The zero-order valence-corrected chi connectivity index (χ0v) is 18.3. The van der Waals surface area contributed by atoms with Gasteiger partial charge in [0.05, 0.1) is 5.69 Å². The van der Waals surface area contributed by atoms with Crippen LogP contribution in [0.25, 0.3) is 17.1 Å². The highest BCUT2D eigenvalue weighted by Gasteiger charge is 2.23. The highest BCUT2D eigenvalue weighted by atomic mass is 16.2. The molecular formula is C22H25N7O3. The van der Waals surface area contributed by atoms with Gasteiger partial charge in [0.1, 0.15) is 6.54 Å². The van der Waals surface area contributed by atoms with E-state index in [0.717, 1.165) is 28.8 Å². The molecule has 0 aliphatic carbocycles. The normalized spacial score (nSPS) is 11.3. The molecule has 0 spiro atoms. The first-order valence-corrected chi connectivity index (χ1v) is 10.3. The molecule has 2 N–H and O–H groups in total. The molecule has 4 aromatic rings. The van der Waals surface area contributed by atoms with Crippen LogP contribution in [0.4, 0.5) is 0 Å². The van der Waals surface area contributed by atoms with Crippen molar-refractivity contribution in [2.75, 3.05) is 0 Å². The molecule has 3 heterocycles. The zero-order valence-electron chi connectivity index (χ0n) is 18.3. The smallest absolute Gasteiger partial charge is 0.332 e. The fraction of sp³-hybridized carbons (Fsp3) is 0.318. The quantitative estimate of drug-likeness (QED) is 0.460. The number of aromatic nitrogens is 6. The van der Waals surface area contributed by atoms with E-state index in [1.165, 1.54) is 17.2 Å². The Balaban J connectivity index is 1.90. The molecule has 0 fully saturated rings. The maximum atomic E-state index is 13.3. The molecule has 10 nitrogen and oxygen atoms in total. The number of hydrogen-bond acceptors (Lipinski definition) is 5. The molecule has 0 saturated heterocycles. The van der Waals surface area contributed by atoms with Crippen LogP contribution >= 0.6 is 0 Å². The summed E-state index contributed by atoms with van der Waals surface area (Å²) in [6, 6.07) is 12.0. The van der Waals surface area contributed by atoms with E-state index in [0.29, 0.717) is 12.5 Å². The third kappa shape index (κ3) is 3.75. The fourth-order valence-electron chi connectivity index (χ4n) is 3.95. The minimum absolute atomic E-state index is 0.239. The van der Waals surface area contributed by atoms with Crippen LogP contribution in [0.15, 0.2) is 46.0 Å². The Morgan fingerprint density at radius 2 is 1.81 bits per heavy atom. The number of primary amides is 1. The first-order valence-electron chi connectivity index (χ1n) is 10.3. The van der Waals surface area contributed by atoms with Crippen molar-refractivity contribution in [3.8, 4) is 5.95 Å². The van der Waals surface area contributed by atoms with Crippen molar-refractivity contribution in [1.82, 2.24) is 28.5 Å². The van der Waals surface area contributed by atoms with E-state index >= 15 is 0 Å². The molecule has 0 unspecified atom stereocenters. The fourth-order valence-corrected chi connectivity index (χ4v) is 3.95. The number of rotatable bonds is 7. The van der Waals surface area contributed by atoms with Crippen LogP contribution in [0.1, 0.15) is 23.4 Å². The number of carbonyl (C=O) groups excluding carboxylic acids is 1. The molecule has 3 aromatic heterocycles. The SMILES string of the molecule is Cc1cc(C)n(-c2nc3c(c(=O)n(CC(N)=O)c(=O)n3C)n2CCCc2ccccc2)n1. The van der Waals surface area contributed by atoms with E-state index in [2.05, 4.69) is 22.2 Å². The third-order valence-electron chi connectivity index (χ3n) is 5.42. The van der Waals surface area contributed by atoms with Gasteiger partial charge in [-0.25, -0.2) is 14.0 Å². The van der Waals surface area contributed by atoms with Gasteiger partial charge in [-0.2, -0.15) is 10.1 Å². The number of benzene rings is 1. The van der Waals surface area contributed by atoms with Crippen molar-refractivity contribution in [3.63, 3.8) is 0 Å². The molecule has 32 heavy (non-hydrogen) atoms. The Labute approximate surface area is 183 Å². The Bertz CT molecular complexity index is 1420. The summed E-state index contributed by atoms with van der Waals surface area (Å²) in [6.45, 7) is 3.76. The van der Waals surface area contributed by atoms with E-state index < -0.39 is 23.7 Å². The van der Waals surface area contributed by atoms with E-state index in [1.807, 2.05) is 38.1 Å². The average Bonchev–Trinajstić information content (AvgIpc) is 3.29. The standard InChI is InChI=1S/C22H25N7O3/c1-14-12-15(2)29(25-14)21-24-19-18(20(31)28(13-17(23)30)22(32)26(19)3)27(21)11-7-10-16-8-5-4-6-9-16/h4-6,8-9,12H,7,10-11,13H2,1-3H3,(H2,23,30). The highest BCUT2D eigenvalue weighted by molar-refractivity contribution is 5.75. The summed E-state index contributed by atoms with van der Waals surface area (Å²) >= 11 is 0. The minimum atomic E-state index is -0.766. The Hall–Kier alpha value is -3.95. The van der Waals surface area contributed by atoms with Crippen LogP contribution in [-0.2, 0) is 31.4 Å². The van der Waals surface area contributed by atoms with E-state index in [9.17, 15) is 14.4 Å². The van der Waals surface area contributed by atoms with Crippen molar-refractivity contribution >= 4 is 17.1 Å². The second-order valence-corrected chi connectivity index (χ2v) is 7.86. The molecule has 0 aliphatic heterocycles. The summed E-state index contributed by atoms with van der Waals surface area (Å²) in [5.41, 5.74) is 7.36. The molecule has 10 heteroatoms. The predicted octanol–water partition coefficient (Wildman–Crippen LogP) is 0.817. The predicted molar refractivity (Wildman–Crippen MR) is 120 cm³/mol. The lowest BCUT2D eigenvalue weighted by molar-refractivity contribution is -0.118. The van der Waals surface area contributed by atoms with Gasteiger partial charge in [-0.1, -0.05) is 30.3 Å². The number of fused-ring (bicyclic) bond motifs is 1. The van der Waals surface area contributed by atoms with Crippen LogP contribution in [0.3, 0.4) is 0 Å². The molecule has 0 aliphatic rings. The summed E-state index contributed by atoms with van der Waals surface area (Å²) < 4.78 is 5.56. The van der Waals surface area contributed by atoms with Gasteiger partial charge in [-0.05, 0) is 38.3 Å². The Morgan fingerprint density at radius 3 is 2.44 bits per heavy atom. The second-order valence-electron chi connectivity index (χ2n) is 7.86. The Kier molecular flexibility index (Phi) is 5.52. The van der Waals surface area contributed by atoms with Gasteiger partial charge in [0.15, 0.2) is 11.2 Å². The lowest BCUT2D eigenvalue weighted by Gasteiger charge is -2.11. The van der Waals surface area contributed by atoms with Crippen LogP contribution in [0.2, 0.25) is 0 Å². The molecule has 0 atom stereocenters. The number of nitrogens with zero attached hydrogens (tertiary/aromatic N) is 6. The van der Waals surface area contributed by atoms with Gasteiger partial charge in [-0.15, -0.1) is 0 Å². The first kappa shape index (κ1) is 21.3. The molecule has 1 aromatic carbocycles. The van der Waals surface area contributed by atoms with Crippen LogP contribution in [0, 0.1) is 13.8 Å². The average molecular weight is 435 g/mol. The highest BCUT2D eigenvalue weighted by Crippen LogP contribution is 2.18. The summed E-state index contributed by atoms with van der Waals surface area (Å²) in [6.07, 6.45) is 1.54. The monoisotopic (exact) mass is 435 g/mol. The molecule has 0 saturated carbocycles. The van der Waals surface area contributed by atoms with E-state index in [-0.39, 0.29) is 11.2 Å². The first-order chi connectivity index (χ1) is 15.3. The van der Waals surface area contributed by atoms with Crippen molar-refractivity contribution in [3.05, 3.63) is 74.2 Å². The molecular weight excluding hydrogens is 410 g/mol. The van der Waals surface area contributed by atoms with Crippen LogP contribution in [-0.4, -0.2) is 34.4 Å². The van der Waals surface area contributed by atoms with Crippen molar-refractivity contribution in [2.45, 2.75) is 39.8 Å². The van der Waals surface area contributed by atoms with Gasteiger partial charge in [0, 0.05) is 19.3 Å². The number of hydrogen-bond donors (Lipinski definition) is 1. The van der Waals surface area contributed by atoms with E-state index in [4.69, 9.17) is 5.73 Å². The molecule has 0 bridgehead atoms. The van der Waals surface area contributed by atoms with E-state index in [1.54, 1.807) is 9.25 Å². The number of aryl methyl sites for hydroxylation is 5. The summed E-state index contributed by atoms with van der Waals surface area (Å²) in [5.74, 6) is -0.319. The summed E-state index contributed by atoms with van der Waals surface area (Å²) in [7, 11) is 1.52. The van der Waals surface area contributed by atoms with Crippen molar-refractivity contribution < 1.29 is 4.79 Å². The van der Waals surface area contributed by atoms with Crippen LogP contribution < -0.4 is 17.0 Å². The lowest BCUT2D eigenvalue weighted by atomic mass is 10.1. The third-order valence-corrected chi connectivity index (χ3v) is 5.42. The van der Waals surface area contributed by atoms with Gasteiger partial charge in [0.25, 0.3) is 5.56 Å². The maximum absolute atomic E-state index is 13.3. The molecule has 1 amide bonds. The maximum Gasteiger partial charge on any atom is 0.332 e. The zero-order chi connectivity index (χ0) is 23.0. The number of amides is 1. The topological polar surface area (TPSA) is 123 Å². The largest absolute Gasteiger partial charge is 0.368 e. The van der Waals surface area contributed by atoms with Gasteiger partial charge < -0.3 is 10.3 Å². The molecule has 0 radical (unpaired) electrons. The van der Waals surface area contributed by atoms with Gasteiger partial charge >= 0.3 is 5.69 Å². The number of imidazole rings is 1. The Morgan fingerprint density at radius 1 is 1.09 bits per heavy atom. The van der Waals surface area contributed by atoms with Gasteiger partial charge in [0.2, 0.25) is 11.9 Å². The van der Waals surface area contributed by atoms with Crippen molar-refractivity contribution in [1.29, 1.82) is 0 Å². The summed E-state index contributed by atoms with van der Waals surface area (Å²) in [4.78, 5) is 42.1. The lowest BCUT2D eigenvalue weighted by Crippen LogP contribution is -2.42. The molecule has 4 rings (SSSR count). The van der Waals surface area contributed by atoms with Crippen molar-refractivity contribution in [2.24, 2.45) is 12.8 Å². The number of carbonyl (C=O) groups is 1.